The molecule has 0 aromatic rings. The van der Waals surface area contributed by atoms with Crippen LogP contribution in [0.5, 0.6) is 0 Å². The summed E-state index contributed by atoms with van der Waals surface area (Å²) in [5, 5.41) is 3.06. The molecule has 0 saturated carbocycles. The van der Waals surface area contributed by atoms with Crippen LogP contribution in [-0.4, -0.2) is 37.5 Å². The van der Waals surface area contributed by atoms with Crippen molar-refractivity contribution < 1.29 is 4.79 Å². The maximum Gasteiger partial charge on any atom is 0.229 e. The van der Waals surface area contributed by atoms with Crippen molar-refractivity contribution in [3.63, 3.8) is 0 Å². The molecule has 0 spiro atoms. The summed E-state index contributed by atoms with van der Waals surface area (Å²) < 4.78 is 0. The van der Waals surface area contributed by atoms with Crippen molar-refractivity contribution in [1.29, 1.82) is 0 Å². The molecule has 0 bridgehead atoms. The van der Waals surface area contributed by atoms with E-state index in [0.29, 0.717) is 5.91 Å². The highest BCUT2D eigenvalue weighted by Crippen LogP contribution is 2.20. The Kier molecular flexibility index (Phi) is 3.31. The number of amides is 1. The van der Waals surface area contributed by atoms with Gasteiger partial charge in [0.2, 0.25) is 5.91 Å². The number of likely N-dealkylation sites (tertiary alicyclic amines) is 1. The maximum atomic E-state index is 11.9. The van der Waals surface area contributed by atoms with Crippen molar-refractivity contribution in [1.82, 2.24) is 10.2 Å². The summed E-state index contributed by atoms with van der Waals surface area (Å²) in [7, 11) is 1.89. The largest absolute Gasteiger partial charge is 0.342 e. The second-order valence-corrected chi connectivity index (χ2v) is 4.41. The zero-order valence-corrected chi connectivity index (χ0v) is 8.89. The number of carbonyl (C=O) groups is 1. The van der Waals surface area contributed by atoms with Gasteiger partial charge in [0.25, 0.3) is 0 Å². The van der Waals surface area contributed by atoms with Gasteiger partial charge in [-0.3, -0.25) is 4.79 Å². The van der Waals surface area contributed by atoms with E-state index in [4.69, 9.17) is 0 Å². The van der Waals surface area contributed by atoms with Crippen LogP contribution in [0, 0.1) is 5.41 Å². The summed E-state index contributed by atoms with van der Waals surface area (Å²) in [5.74, 6) is 0.291. The summed E-state index contributed by atoms with van der Waals surface area (Å²) >= 11 is 0. The number of hydrogen-bond donors (Lipinski definition) is 1. The van der Waals surface area contributed by atoms with E-state index in [0.717, 1.165) is 19.6 Å². The van der Waals surface area contributed by atoms with Crippen LogP contribution in [0.25, 0.3) is 0 Å². The first-order valence-corrected chi connectivity index (χ1v) is 5.02. The van der Waals surface area contributed by atoms with Crippen LogP contribution in [-0.2, 0) is 4.79 Å². The Balaban J connectivity index is 2.53. The van der Waals surface area contributed by atoms with Crippen molar-refractivity contribution in [3.8, 4) is 0 Å². The van der Waals surface area contributed by atoms with Gasteiger partial charge >= 0.3 is 0 Å². The molecular formula is C10H20N2O. The Morgan fingerprint density at radius 1 is 1.38 bits per heavy atom. The molecule has 1 heterocycles. The van der Waals surface area contributed by atoms with Gasteiger partial charge in [0.05, 0.1) is 5.41 Å². The first-order chi connectivity index (χ1) is 6.08. The molecule has 0 aromatic carbocycles. The predicted octanol–water partition coefficient (Wildman–Crippen LogP) is 0.854. The van der Waals surface area contributed by atoms with E-state index in [1.165, 1.54) is 12.8 Å². The second kappa shape index (κ2) is 4.09. The Morgan fingerprint density at radius 2 is 1.92 bits per heavy atom. The number of hydrogen-bond acceptors (Lipinski definition) is 2. The molecule has 1 fully saturated rings. The van der Waals surface area contributed by atoms with Crippen molar-refractivity contribution in [2.45, 2.75) is 26.7 Å². The van der Waals surface area contributed by atoms with Crippen LogP contribution >= 0.6 is 0 Å². The molecule has 76 valence electrons. The molecule has 13 heavy (non-hydrogen) atoms. The highest BCUT2D eigenvalue weighted by atomic mass is 16.2. The van der Waals surface area contributed by atoms with Gasteiger partial charge < -0.3 is 10.2 Å². The molecule has 3 nitrogen and oxygen atoms in total. The van der Waals surface area contributed by atoms with E-state index in [9.17, 15) is 4.79 Å². The molecule has 1 aliphatic heterocycles. The lowest BCUT2D eigenvalue weighted by atomic mass is 9.91. The Labute approximate surface area is 80.5 Å². The number of nitrogens with zero attached hydrogens (tertiary/aromatic N) is 1. The zero-order valence-electron chi connectivity index (χ0n) is 8.89. The molecule has 0 radical (unpaired) electrons. The molecule has 1 saturated heterocycles. The Bertz CT molecular complexity index is 183. The van der Waals surface area contributed by atoms with Crippen LogP contribution in [0.15, 0.2) is 0 Å². The van der Waals surface area contributed by atoms with E-state index in [1.807, 2.05) is 25.8 Å². The first-order valence-electron chi connectivity index (χ1n) is 5.02. The van der Waals surface area contributed by atoms with E-state index in [-0.39, 0.29) is 5.41 Å². The highest BCUT2D eigenvalue weighted by Gasteiger charge is 2.32. The molecule has 1 amide bonds. The molecule has 1 aliphatic rings. The molecule has 0 unspecified atom stereocenters. The van der Waals surface area contributed by atoms with Crippen molar-refractivity contribution >= 4 is 5.91 Å². The fourth-order valence-corrected chi connectivity index (χ4v) is 1.87. The summed E-state index contributed by atoms with van der Waals surface area (Å²) in [5.41, 5.74) is -0.251. The molecule has 0 aromatic heterocycles. The standard InChI is InChI=1S/C10H20N2O/c1-10(2,8-11-3)9(13)12-6-4-5-7-12/h11H,4-8H2,1-3H3. The van der Waals surface area contributed by atoms with E-state index < -0.39 is 0 Å². The number of carbonyl (C=O) groups excluding carboxylic acids is 1. The van der Waals surface area contributed by atoms with Gasteiger partial charge in [0.1, 0.15) is 0 Å². The topological polar surface area (TPSA) is 32.3 Å². The molecule has 1 N–H and O–H groups in total. The monoisotopic (exact) mass is 184 g/mol. The third-order valence-electron chi connectivity index (χ3n) is 2.59. The third-order valence-corrected chi connectivity index (χ3v) is 2.59. The van der Waals surface area contributed by atoms with Gasteiger partial charge in [-0.15, -0.1) is 0 Å². The van der Waals surface area contributed by atoms with E-state index in [1.54, 1.807) is 0 Å². The lowest BCUT2D eigenvalue weighted by Gasteiger charge is -2.28. The van der Waals surface area contributed by atoms with Crippen LogP contribution in [0.3, 0.4) is 0 Å². The minimum atomic E-state index is -0.251. The van der Waals surface area contributed by atoms with Gasteiger partial charge in [-0.2, -0.15) is 0 Å². The minimum absolute atomic E-state index is 0.251. The lowest BCUT2D eigenvalue weighted by Crippen LogP contribution is -2.44. The molecule has 1 rings (SSSR count). The maximum absolute atomic E-state index is 11.9. The lowest BCUT2D eigenvalue weighted by molar-refractivity contribution is -0.138. The molecule has 0 aliphatic carbocycles. The zero-order chi connectivity index (χ0) is 9.90. The normalized spacial score (nSPS) is 17.9. The summed E-state index contributed by atoms with van der Waals surface area (Å²) in [6, 6.07) is 0. The van der Waals surface area contributed by atoms with Crippen molar-refractivity contribution in [3.05, 3.63) is 0 Å². The van der Waals surface area contributed by atoms with Gasteiger partial charge in [-0.1, -0.05) is 0 Å². The number of nitrogens with one attached hydrogen (secondary N) is 1. The Hall–Kier alpha value is -0.570. The van der Waals surface area contributed by atoms with Gasteiger partial charge in [-0.05, 0) is 33.7 Å². The molecule has 0 atom stereocenters. The Morgan fingerprint density at radius 3 is 2.38 bits per heavy atom. The third kappa shape index (κ3) is 2.44. The average molecular weight is 184 g/mol. The van der Waals surface area contributed by atoms with Gasteiger partial charge in [0.15, 0.2) is 0 Å². The fraction of sp³-hybridized carbons (Fsp3) is 0.900. The first kappa shape index (κ1) is 10.5. The van der Waals surface area contributed by atoms with Gasteiger partial charge in [0, 0.05) is 19.6 Å². The van der Waals surface area contributed by atoms with Gasteiger partial charge in [-0.25, -0.2) is 0 Å². The van der Waals surface area contributed by atoms with Crippen molar-refractivity contribution in [2.24, 2.45) is 5.41 Å². The summed E-state index contributed by atoms with van der Waals surface area (Å²) in [6.45, 7) is 6.66. The van der Waals surface area contributed by atoms with Crippen molar-refractivity contribution in [2.75, 3.05) is 26.7 Å². The SMILES string of the molecule is CNCC(C)(C)C(=O)N1CCCC1. The average Bonchev–Trinajstić information content (AvgIpc) is 2.54. The highest BCUT2D eigenvalue weighted by molar-refractivity contribution is 5.82. The van der Waals surface area contributed by atoms with Crippen LogP contribution in [0.2, 0.25) is 0 Å². The minimum Gasteiger partial charge on any atom is -0.342 e. The molecular weight excluding hydrogens is 164 g/mol. The van der Waals surface area contributed by atoms with E-state index >= 15 is 0 Å². The number of rotatable bonds is 3. The van der Waals surface area contributed by atoms with Crippen LogP contribution in [0.4, 0.5) is 0 Å². The summed E-state index contributed by atoms with van der Waals surface area (Å²) in [6.07, 6.45) is 2.34. The predicted molar refractivity (Wildman–Crippen MR) is 53.5 cm³/mol. The quantitative estimate of drug-likeness (QED) is 0.705. The smallest absolute Gasteiger partial charge is 0.229 e. The second-order valence-electron chi connectivity index (χ2n) is 4.41. The van der Waals surface area contributed by atoms with E-state index in [2.05, 4.69) is 5.32 Å². The fourth-order valence-electron chi connectivity index (χ4n) is 1.87. The van der Waals surface area contributed by atoms with Crippen LogP contribution < -0.4 is 5.32 Å². The molecule has 3 heteroatoms. The summed E-state index contributed by atoms with van der Waals surface area (Å²) in [4.78, 5) is 13.9. The van der Waals surface area contributed by atoms with Crippen LogP contribution in [0.1, 0.15) is 26.7 Å².